The van der Waals surface area contributed by atoms with E-state index >= 15 is 0 Å². The molecular weight excluding hydrogens is 528 g/mol. The molecule has 0 aliphatic carbocycles. The van der Waals surface area contributed by atoms with Crippen LogP contribution in [0.5, 0.6) is 0 Å². The van der Waals surface area contributed by atoms with Gasteiger partial charge >= 0.3 is 6.09 Å². The molecule has 0 aromatic heterocycles. The molecule has 3 aromatic rings. The van der Waals surface area contributed by atoms with Crippen molar-refractivity contribution in [2.24, 2.45) is 0 Å². The molecule has 6 nitrogen and oxygen atoms in total. The molecule has 1 unspecified atom stereocenters. The zero-order chi connectivity index (χ0) is 26.5. The maximum absolute atomic E-state index is 13.4. The summed E-state index contributed by atoms with van der Waals surface area (Å²) in [7, 11) is -4.39. The van der Waals surface area contributed by atoms with E-state index in [1.165, 1.54) is 47.4 Å². The third-order valence-electron chi connectivity index (χ3n) is 4.92. The van der Waals surface area contributed by atoms with Crippen molar-refractivity contribution < 1.29 is 26.5 Å². The predicted octanol–water partition coefficient (Wildman–Crippen LogP) is 7.02. The lowest BCUT2D eigenvalue weighted by molar-refractivity contribution is 0.0151. The quantitative estimate of drug-likeness (QED) is 0.280. The van der Waals surface area contributed by atoms with Crippen molar-refractivity contribution in [1.29, 1.82) is 0 Å². The molecule has 0 saturated carbocycles. The summed E-state index contributed by atoms with van der Waals surface area (Å²) in [6, 6.07) is 18.4. The highest BCUT2D eigenvalue weighted by Gasteiger charge is 2.31. The maximum atomic E-state index is 13.4. The SMILES string of the molecule is CC(C)(C)OC(=O)N(Cc1ccc(F)cc1)CC(OS(=O)(=O)c1cccc(Cl)c1Cl)c1ccccc1. The molecule has 36 heavy (non-hydrogen) atoms. The van der Waals surface area contributed by atoms with Gasteiger partial charge in [-0.1, -0.05) is 71.7 Å². The van der Waals surface area contributed by atoms with E-state index in [1.807, 2.05) is 0 Å². The monoisotopic (exact) mass is 553 g/mol. The van der Waals surface area contributed by atoms with Gasteiger partial charge in [0.1, 0.15) is 22.4 Å². The van der Waals surface area contributed by atoms with Gasteiger partial charge in [0.05, 0.1) is 16.6 Å². The van der Waals surface area contributed by atoms with Crippen LogP contribution in [0.4, 0.5) is 9.18 Å². The molecule has 0 spiro atoms. The standard InChI is InChI=1S/C26H26Cl2FNO5S/c1-26(2,3)34-25(31)30(16-18-12-14-20(29)15-13-18)17-22(19-8-5-4-6-9-19)35-36(32,33)23-11-7-10-21(27)24(23)28/h4-15,22H,16-17H2,1-3H3. The molecule has 0 aliphatic heterocycles. The van der Waals surface area contributed by atoms with Crippen molar-refractivity contribution in [2.45, 2.75) is 43.9 Å². The number of carbonyl (C=O) groups excluding carboxylic acids is 1. The Morgan fingerprint density at radius 1 is 0.972 bits per heavy atom. The van der Waals surface area contributed by atoms with Gasteiger partial charge in [0, 0.05) is 6.54 Å². The van der Waals surface area contributed by atoms with E-state index in [0.29, 0.717) is 11.1 Å². The van der Waals surface area contributed by atoms with Crippen molar-refractivity contribution in [3.63, 3.8) is 0 Å². The Balaban J connectivity index is 1.98. The molecule has 0 N–H and O–H groups in total. The second-order valence-electron chi connectivity index (χ2n) is 8.99. The van der Waals surface area contributed by atoms with Crippen LogP contribution in [0, 0.1) is 5.82 Å². The number of amides is 1. The van der Waals surface area contributed by atoms with Gasteiger partial charge in [-0.3, -0.25) is 4.18 Å². The first-order valence-electron chi connectivity index (χ1n) is 11.0. The third kappa shape index (κ3) is 7.67. The second kappa shape index (κ2) is 11.6. The molecule has 0 aliphatic rings. The minimum Gasteiger partial charge on any atom is -0.444 e. The van der Waals surface area contributed by atoms with Crippen molar-refractivity contribution in [2.75, 3.05) is 6.54 Å². The van der Waals surface area contributed by atoms with E-state index in [-0.39, 0.29) is 28.0 Å². The molecule has 0 saturated heterocycles. The Morgan fingerprint density at radius 3 is 2.22 bits per heavy atom. The van der Waals surface area contributed by atoms with Crippen LogP contribution >= 0.6 is 23.2 Å². The van der Waals surface area contributed by atoms with E-state index in [2.05, 4.69) is 0 Å². The van der Waals surface area contributed by atoms with Gasteiger partial charge in [-0.05, 0) is 56.2 Å². The molecule has 0 heterocycles. The van der Waals surface area contributed by atoms with Crippen molar-refractivity contribution in [3.8, 4) is 0 Å². The zero-order valence-corrected chi connectivity index (χ0v) is 22.3. The maximum Gasteiger partial charge on any atom is 0.410 e. The number of hydrogen-bond donors (Lipinski definition) is 0. The number of hydrogen-bond acceptors (Lipinski definition) is 5. The number of nitrogens with zero attached hydrogens (tertiary/aromatic N) is 1. The van der Waals surface area contributed by atoms with Crippen LogP contribution in [-0.4, -0.2) is 31.6 Å². The minimum atomic E-state index is -4.39. The Bertz CT molecular complexity index is 1300. The molecule has 1 amide bonds. The number of halogens is 3. The minimum absolute atomic E-state index is 0.0276. The highest BCUT2D eigenvalue weighted by atomic mass is 35.5. The zero-order valence-electron chi connectivity index (χ0n) is 20.0. The fourth-order valence-corrected chi connectivity index (χ4v) is 5.08. The van der Waals surface area contributed by atoms with E-state index in [0.717, 1.165) is 0 Å². The molecule has 3 rings (SSSR count). The molecule has 0 fully saturated rings. The van der Waals surface area contributed by atoms with Crippen LogP contribution in [0.2, 0.25) is 10.0 Å². The average Bonchev–Trinajstić information content (AvgIpc) is 2.80. The summed E-state index contributed by atoms with van der Waals surface area (Å²) >= 11 is 12.2. The van der Waals surface area contributed by atoms with Gasteiger partial charge in [0.15, 0.2) is 0 Å². The largest absolute Gasteiger partial charge is 0.444 e. The molecule has 3 aromatic carbocycles. The van der Waals surface area contributed by atoms with Gasteiger partial charge in [-0.15, -0.1) is 0 Å². The van der Waals surface area contributed by atoms with Crippen LogP contribution in [0.3, 0.4) is 0 Å². The van der Waals surface area contributed by atoms with Crippen molar-refractivity contribution in [1.82, 2.24) is 4.90 Å². The van der Waals surface area contributed by atoms with Crippen molar-refractivity contribution in [3.05, 3.63) is 99.8 Å². The Kier molecular flexibility index (Phi) is 9.00. The van der Waals surface area contributed by atoms with E-state index < -0.39 is 33.7 Å². The molecule has 1 atom stereocenters. The Morgan fingerprint density at radius 2 is 1.61 bits per heavy atom. The summed E-state index contributed by atoms with van der Waals surface area (Å²) < 4.78 is 51.1. The second-order valence-corrected chi connectivity index (χ2v) is 11.3. The highest BCUT2D eigenvalue weighted by Crippen LogP contribution is 2.33. The summed E-state index contributed by atoms with van der Waals surface area (Å²) in [6.07, 6.45) is -1.80. The van der Waals surface area contributed by atoms with Gasteiger partial charge < -0.3 is 9.64 Å². The van der Waals surface area contributed by atoms with E-state index in [1.54, 1.807) is 51.1 Å². The van der Waals surface area contributed by atoms with Gasteiger partial charge in [-0.2, -0.15) is 8.42 Å². The first kappa shape index (κ1) is 27.9. The lowest BCUT2D eigenvalue weighted by Gasteiger charge is -2.30. The summed E-state index contributed by atoms with van der Waals surface area (Å²) in [5, 5.41) is -0.106. The summed E-state index contributed by atoms with van der Waals surface area (Å²) in [5.41, 5.74) is 0.323. The van der Waals surface area contributed by atoms with Gasteiger partial charge in [-0.25, -0.2) is 9.18 Å². The molecule has 10 heteroatoms. The lowest BCUT2D eigenvalue weighted by atomic mass is 10.1. The van der Waals surface area contributed by atoms with E-state index in [9.17, 15) is 17.6 Å². The fraction of sp³-hybridized carbons (Fsp3) is 0.269. The molecule has 0 radical (unpaired) electrons. The Hall–Kier alpha value is -2.65. The van der Waals surface area contributed by atoms with Crippen LogP contribution in [0.1, 0.15) is 38.0 Å². The Labute approximate surface area is 220 Å². The normalized spacial score (nSPS) is 12.7. The first-order valence-corrected chi connectivity index (χ1v) is 13.2. The number of carbonyl (C=O) groups is 1. The van der Waals surface area contributed by atoms with Gasteiger partial charge in [0.25, 0.3) is 10.1 Å². The molecule has 192 valence electrons. The number of ether oxygens (including phenoxy) is 1. The predicted molar refractivity (Wildman–Crippen MR) is 137 cm³/mol. The van der Waals surface area contributed by atoms with Crippen LogP contribution in [0.25, 0.3) is 0 Å². The topological polar surface area (TPSA) is 72.9 Å². The lowest BCUT2D eigenvalue weighted by Crippen LogP contribution is -2.39. The molecular formula is C26H26Cl2FNO5S. The van der Waals surface area contributed by atoms with E-state index in [4.69, 9.17) is 32.1 Å². The number of benzene rings is 3. The third-order valence-corrected chi connectivity index (χ3v) is 7.22. The number of rotatable bonds is 8. The highest BCUT2D eigenvalue weighted by molar-refractivity contribution is 7.87. The van der Waals surface area contributed by atoms with Gasteiger partial charge in [0.2, 0.25) is 0 Å². The van der Waals surface area contributed by atoms with Crippen molar-refractivity contribution >= 4 is 39.4 Å². The molecule has 0 bridgehead atoms. The summed E-state index contributed by atoms with van der Waals surface area (Å²) in [4.78, 5) is 14.1. The average molecular weight is 554 g/mol. The summed E-state index contributed by atoms with van der Waals surface area (Å²) in [6.45, 7) is 5.00. The summed E-state index contributed by atoms with van der Waals surface area (Å²) in [5.74, 6) is -0.419. The van der Waals surface area contributed by atoms with Crippen LogP contribution in [-0.2, 0) is 25.6 Å². The fourth-order valence-electron chi connectivity index (χ4n) is 3.28. The van der Waals surface area contributed by atoms with Crippen LogP contribution in [0.15, 0.2) is 77.7 Å². The first-order chi connectivity index (χ1) is 16.9. The smallest absolute Gasteiger partial charge is 0.410 e. The van der Waals surface area contributed by atoms with Crippen LogP contribution < -0.4 is 0 Å².